The molecule has 2 aromatic heterocycles. The van der Waals surface area contributed by atoms with Gasteiger partial charge in [0.2, 0.25) is 0 Å². The third-order valence-electron chi connectivity index (χ3n) is 4.70. The van der Waals surface area contributed by atoms with Crippen molar-refractivity contribution in [3.05, 3.63) is 78.1 Å². The molecule has 9 heteroatoms. The van der Waals surface area contributed by atoms with Gasteiger partial charge < -0.3 is 4.74 Å². The maximum Gasteiger partial charge on any atom is 0.260 e. The molecule has 0 radical (unpaired) electrons. The van der Waals surface area contributed by atoms with Gasteiger partial charge in [0.05, 0.1) is 28.4 Å². The van der Waals surface area contributed by atoms with Crippen molar-refractivity contribution in [2.24, 2.45) is 0 Å². The number of benzene rings is 2. The number of hydrogen-bond donors (Lipinski definition) is 0. The number of hydrogen-bond acceptors (Lipinski definition) is 7. The fourth-order valence-corrected chi connectivity index (χ4v) is 4.84. The quantitative estimate of drug-likeness (QED) is 0.402. The predicted octanol–water partition coefficient (Wildman–Crippen LogP) is 4.34. The van der Waals surface area contributed by atoms with Crippen LogP contribution in [-0.4, -0.2) is 37.2 Å². The number of anilines is 1. The van der Waals surface area contributed by atoms with Gasteiger partial charge in [0, 0.05) is 18.0 Å². The molecule has 2 aromatic carbocycles. The molecular formula is C23H21N3O4S2. The molecule has 4 aromatic rings. The number of pyridine rings is 1. The standard InChI is InChI=1S/C23H21N3O4S2/c1-3-30-19-11-7-12-20-21(19)25-23(31-20)26(15-17-9-4-5-13-24-17)22(27)16-8-6-10-18(14-16)32(2,28)29/h4-14H,3,15H2,1-2H3. The van der Waals surface area contributed by atoms with Gasteiger partial charge >= 0.3 is 0 Å². The summed E-state index contributed by atoms with van der Waals surface area (Å²) in [6.07, 6.45) is 2.78. The van der Waals surface area contributed by atoms with Gasteiger partial charge in [-0.3, -0.25) is 14.7 Å². The van der Waals surface area contributed by atoms with Gasteiger partial charge in [0.25, 0.3) is 5.91 Å². The lowest BCUT2D eigenvalue weighted by Crippen LogP contribution is -2.30. The van der Waals surface area contributed by atoms with Gasteiger partial charge in [0.1, 0.15) is 11.3 Å². The summed E-state index contributed by atoms with van der Waals surface area (Å²) >= 11 is 1.37. The number of aromatic nitrogens is 2. The van der Waals surface area contributed by atoms with Crippen LogP contribution in [0.25, 0.3) is 10.2 Å². The van der Waals surface area contributed by atoms with Gasteiger partial charge in [-0.05, 0) is 49.4 Å². The smallest absolute Gasteiger partial charge is 0.260 e. The molecule has 0 fully saturated rings. The number of rotatable bonds is 7. The van der Waals surface area contributed by atoms with Gasteiger partial charge in [0.15, 0.2) is 15.0 Å². The van der Waals surface area contributed by atoms with Crippen molar-refractivity contribution in [1.82, 2.24) is 9.97 Å². The molecule has 1 amide bonds. The predicted molar refractivity (Wildman–Crippen MR) is 125 cm³/mol. The van der Waals surface area contributed by atoms with E-state index in [0.29, 0.717) is 28.7 Å². The Kier molecular flexibility index (Phi) is 6.20. The second-order valence-electron chi connectivity index (χ2n) is 7.04. The van der Waals surface area contributed by atoms with Crippen LogP contribution < -0.4 is 9.64 Å². The first-order valence-electron chi connectivity index (χ1n) is 9.91. The number of sulfone groups is 1. The molecule has 4 rings (SSSR count). The summed E-state index contributed by atoms with van der Waals surface area (Å²) in [4.78, 5) is 24.2. The molecule has 0 aliphatic rings. The van der Waals surface area contributed by atoms with Gasteiger partial charge in [-0.25, -0.2) is 13.4 Å². The van der Waals surface area contributed by atoms with Crippen molar-refractivity contribution in [2.45, 2.75) is 18.4 Å². The fraction of sp³-hybridized carbons (Fsp3) is 0.174. The molecule has 0 atom stereocenters. The highest BCUT2D eigenvalue weighted by atomic mass is 32.2. The summed E-state index contributed by atoms with van der Waals surface area (Å²) in [6, 6.07) is 17.2. The lowest BCUT2D eigenvalue weighted by atomic mass is 10.2. The number of amides is 1. The van der Waals surface area contributed by atoms with E-state index >= 15 is 0 Å². The average Bonchev–Trinajstić information content (AvgIpc) is 3.22. The van der Waals surface area contributed by atoms with Crippen LogP contribution in [0.2, 0.25) is 0 Å². The van der Waals surface area contributed by atoms with Crippen LogP contribution in [0.3, 0.4) is 0 Å². The first kappa shape index (κ1) is 21.9. The van der Waals surface area contributed by atoms with E-state index in [2.05, 4.69) is 4.98 Å². The molecule has 0 aliphatic carbocycles. The van der Waals surface area contributed by atoms with Gasteiger partial charge in [-0.15, -0.1) is 0 Å². The molecule has 164 valence electrons. The van der Waals surface area contributed by atoms with Crippen molar-refractivity contribution in [3.8, 4) is 5.75 Å². The van der Waals surface area contributed by atoms with E-state index in [4.69, 9.17) is 9.72 Å². The lowest BCUT2D eigenvalue weighted by molar-refractivity contribution is 0.0984. The normalized spacial score (nSPS) is 11.4. The number of nitrogens with zero attached hydrogens (tertiary/aromatic N) is 3. The molecule has 0 bridgehead atoms. The Bertz CT molecular complexity index is 1370. The average molecular weight is 468 g/mol. The van der Waals surface area contributed by atoms with Gasteiger partial charge in [-0.2, -0.15) is 0 Å². The van der Waals surface area contributed by atoms with Crippen molar-refractivity contribution in [3.63, 3.8) is 0 Å². The molecule has 0 spiro atoms. The lowest BCUT2D eigenvalue weighted by Gasteiger charge is -2.20. The Hall–Kier alpha value is -3.30. The fourth-order valence-electron chi connectivity index (χ4n) is 3.19. The molecule has 0 N–H and O–H groups in total. The van der Waals surface area contributed by atoms with Crippen LogP contribution in [0.5, 0.6) is 5.75 Å². The summed E-state index contributed by atoms with van der Waals surface area (Å²) in [7, 11) is -3.45. The van der Waals surface area contributed by atoms with Crippen LogP contribution >= 0.6 is 11.3 Å². The minimum absolute atomic E-state index is 0.0871. The van der Waals surface area contributed by atoms with E-state index in [0.717, 1.165) is 11.0 Å². The summed E-state index contributed by atoms with van der Waals surface area (Å²) in [5.41, 5.74) is 1.62. The second-order valence-corrected chi connectivity index (χ2v) is 10.1. The minimum atomic E-state index is -3.45. The topological polar surface area (TPSA) is 89.5 Å². The molecule has 7 nitrogen and oxygen atoms in total. The molecule has 0 saturated carbocycles. The monoisotopic (exact) mass is 467 g/mol. The maximum absolute atomic E-state index is 13.6. The highest BCUT2D eigenvalue weighted by Gasteiger charge is 2.24. The maximum atomic E-state index is 13.6. The van der Waals surface area contributed by atoms with Crippen molar-refractivity contribution in [1.29, 1.82) is 0 Å². The van der Waals surface area contributed by atoms with E-state index in [-0.39, 0.29) is 22.9 Å². The third-order valence-corrected chi connectivity index (χ3v) is 6.86. The number of thiazole rings is 1. The van der Waals surface area contributed by atoms with Crippen LogP contribution in [0, 0.1) is 0 Å². The number of carbonyl (C=O) groups excluding carboxylic acids is 1. The summed E-state index contributed by atoms with van der Waals surface area (Å²) in [5, 5.41) is 0.479. The van der Waals surface area contributed by atoms with E-state index < -0.39 is 9.84 Å². The summed E-state index contributed by atoms with van der Waals surface area (Å²) in [6.45, 7) is 2.59. The Morgan fingerprint density at radius 3 is 2.62 bits per heavy atom. The highest BCUT2D eigenvalue weighted by molar-refractivity contribution is 7.90. The molecule has 0 unspecified atom stereocenters. The number of fused-ring (bicyclic) bond motifs is 1. The van der Waals surface area contributed by atoms with E-state index in [1.54, 1.807) is 24.4 Å². The second kappa shape index (κ2) is 9.05. The van der Waals surface area contributed by atoms with Crippen LogP contribution in [0.4, 0.5) is 5.13 Å². The molecular weight excluding hydrogens is 446 g/mol. The summed E-state index contributed by atoms with van der Waals surface area (Å²) in [5.74, 6) is 0.287. The number of para-hydroxylation sites is 1. The Balaban J connectivity index is 1.80. The summed E-state index contributed by atoms with van der Waals surface area (Å²) < 4.78 is 30.6. The Morgan fingerprint density at radius 1 is 1.09 bits per heavy atom. The number of ether oxygens (including phenoxy) is 1. The van der Waals surface area contributed by atoms with Crippen LogP contribution in [0.1, 0.15) is 23.0 Å². The van der Waals surface area contributed by atoms with Crippen molar-refractivity contribution in [2.75, 3.05) is 17.8 Å². The third kappa shape index (κ3) is 4.63. The molecule has 2 heterocycles. The Morgan fingerprint density at radius 2 is 1.91 bits per heavy atom. The highest BCUT2D eigenvalue weighted by Crippen LogP contribution is 2.35. The van der Waals surface area contributed by atoms with Gasteiger partial charge in [-0.1, -0.05) is 29.5 Å². The van der Waals surface area contributed by atoms with Crippen molar-refractivity contribution >= 4 is 42.4 Å². The molecule has 0 saturated heterocycles. The molecule has 0 aliphatic heterocycles. The van der Waals surface area contributed by atoms with E-state index in [1.165, 1.54) is 28.4 Å². The van der Waals surface area contributed by atoms with Crippen molar-refractivity contribution < 1.29 is 17.9 Å². The minimum Gasteiger partial charge on any atom is -0.492 e. The van der Waals surface area contributed by atoms with E-state index in [1.807, 2.05) is 37.3 Å². The molecule has 32 heavy (non-hydrogen) atoms. The SMILES string of the molecule is CCOc1cccc2sc(N(Cc3ccccn3)C(=O)c3cccc(S(C)(=O)=O)c3)nc12. The zero-order valence-electron chi connectivity index (χ0n) is 17.6. The zero-order valence-corrected chi connectivity index (χ0v) is 19.2. The van der Waals surface area contributed by atoms with Crippen LogP contribution in [0.15, 0.2) is 71.8 Å². The first-order valence-corrected chi connectivity index (χ1v) is 12.6. The van der Waals surface area contributed by atoms with Crippen LogP contribution in [-0.2, 0) is 16.4 Å². The largest absolute Gasteiger partial charge is 0.492 e. The Labute approximate surface area is 190 Å². The zero-order chi connectivity index (χ0) is 22.7. The first-order chi connectivity index (χ1) is 15.4. The van der Waals surface area contributed by atoms with E-state index in [9.17, 15) is 13.2 Å². The number of carbonyl (C=O) groups is 1.